The zero-order chi connectivity index (χ0) is 37.4. The van der Waals surface area contributed by atoms with Gasteiger partial charge in [0, 0.05) is 0 Å². The number of benzene rings is 3. The highest BCUT2D eigenvalue weighted by Gasteiger charge is 2.43. The van der Waals surface area contributed by atoms with Gasteiger partial charge in [-0.05, 0) is 140 Å². The van der Waals surface area contributed by atoms with E-state index in [0.717, 1.165) is 37.1 Å². The molecule has 0 saturated heterocycles. The normalized spacial score (nSPS) is 22.5. The van der Waals surface area contributed by atoms with Crippen LogP contribution in [0.1, 0.15) is 124 Å². The molecule has 0 bridgehead atoms. The lowest BCUT2D eigenvalue weighted by atomic mass is 9.87. The summed E-state index contributed by atoms with van der Waals surface area (Å²) in [5.74, 6) is -0.131. The summed E-state index contributed by atoms with van der Waals surface area (Å²) in [6, 6.07) is 13.7. The molecule has 0 nitrogen and oxygen atoms in total. The van der Waals surface area contributed by atoms with Gasteiger partial charge in [0.15, 0.2) is 0 Å². The highest BCUT2D eigenvalue weighted by atomic mass is 31.1. The van der Waals surface area contributed by atoms with Crippen molar-refractivity contribution in [3.8, 4) is 0 Å². The Labute approximate surface area is 303 Å². The first kappa shape index (κ1) is 39.6. The Bertz CT molecular complexity index is 1620. The van der Waals surface area contributed by atoms with E-state index in [-0.39, 0.29) is 34.1 Å². The third-order valence-corrected chi connectivity index (χ3v) is 18.1. The summed E-state index contributed by atoms with van der Waals surface area (Å²) in [6.07, 6.45) is -0.318. The molecule has 52 heavy (non-hydrogen) atoms. The maximum Gasteiger partial charge on any atom is 0.416 e. The SMILES string of the molecule is Cc1cc([P@](c2cc(C(F)(F)F)cc(C(F)(F)F)c2)[C@H](C)C2CCCC2c2ccccc2P(C2CCCCC2)C2CCCCC2)cc(C(F)(F)F)c1. The van der Waals surface area contributed by atoms with Gasteiger partial charge in [0.25, 0.3) is 0 Å². The van der Waals surface area contributed by atoms with Gasteiger partial charge in [0.2, 0.25) is 0 Å². The van der Waals surface area contributed by atoms with Crippen molar-refractivity contribution in [1.82, 2.24) is 0 Å². The third kappa shape index (κ3) is 8.88. The minimum Gasteiger partial charge on any atom is -0.166 e. The van der Waals surface area contributed by atoms with Crippen LogP contribution in [0.3, 0.4) is 0 Å². The molecule has 0 radical (unpaired) electrons. The van der Waals surface area contributed by atoms with E-state index in [1.54, 1.807) is 0 Å². The van der Waals surface area contributed by atoms with Crippen LogP contribution in [0.2, 0.25) is 0 Å². The van der Waals surface area contributed by atoms with E-state index in [2.05, 4.69) is 18.2 Å². The number of halogens is 9. The van der Waals surface area contributed by atoms with Crippen LogP contribution in [-0.2, 0) is 18.5 Å². The summed E-state index contributed by atoms with van der Waals surface area (Å²) in [7, 11) is -2.59. The van der Waals surface area contributed by atoms with Crippen molar-refractivity contribution in [2.75, 3.05) is 0 Å². The van der Waals surface area contributed by atoms with E-state index in [0.29, 0.717) is 17.7 Å². The summed E-state index contributed by atoms with van der Waals surface area (Å²) in [6.45, 7) is 3.34. The highest BCUT2D eigenvalue weighted by molar-refractivity contribution is 7.73. The first-order valence-corrected chi connectivity index (χ1v) is 21.6. The second-order valence-corrected chi connectivity index (χ2v) is 20.5. The topological polar surface area (TPSA) is 0 Å². The van der Waals surface area contributed by atoms with Crippen molar-refractivity contribution in [1.29, 1.82) is 0 Å². The number of aryl methyl sites for hydroxylation is 1. The van der Waals surface area contributed by atoms with Crippen molar-refractivity contribution in [2.24, 2.45) is 5.92 Å². The van der Waals surface area contributed by atoms with Crippen molar-refractivity contribution in [2.45, 2.75) is 139 Å². The van der Waals surface area contributed by atoms with E-state index < -0.39 is 56.7 Å². The van der Waals surface area contributed by atoms with Crippen LogP contribution >= 0.6 is 15.8 Å². The molecule has 3 saturated carbocycles. The molecule has 2 unspecified atom stereocenters. The van der Waals surface area contributed by atoms with Gasteiger partial charge in [-0.3, -0.25) is 0 Å². The van der Waals surface area contributed by atoms with Crippen LogP contribution in [0, 0.1) is 12.8 Å². The van der Waals surface area contributed by atoms with Crippen LogP contribution in [0.4, 0.5) is 39.5 Å². The standard InChI is InChI=1S/C41H47F9P2/c1-26-20-28(39(42,43)44)23-33(21-26)51(34-24-29(40(45,46)47)22-30(25-34)41(48,49)50)27(2)35-17-11-18-36(35)37-16-9-10-19-38(37)52(31-12-5-3-6-13-31)32-14-7-4-8-15-32/h9-10,16,19-25,27,31-32,35-36H,3-8,11-15,17-18H2,1-2H3/t27-,35?,36?,51-/m1/s1. The van der Waals surface area contributed by atoms with E-state index in [9.17, 15) is 39.5 Å². The summed E-state index contributed by atoms with van der Waals surface area (Å²) in [5.41, 5.74) is -1.59. The number of hydrogen-bond acceptors (Lipinski definition) is 0. The molecule has 4 atom stereocenters. The maximum atomic E-state index is 14.2. The molecule has 3 aliphatic carbocycles. The number of hydrogen-bond donors (Lipinski definition) is 0. The average Bonchev–Trinajstić information content (AvgIpc) is 3.58. The molecule has 0 aliphatic heterocycles. The van der Waals surface area contributed by atoms with Crippen LogP contribution in [0.15, 0.2) is 60.7 Å². The highest BCUT2D eigenvalue weighted by Crippen LogP contribution is 2.58. The van der Waals surface area contributed by atoms with Crippen molar-refractivity contribution < 1.29 is 39.5 Å². The lowest BCUT2D eigenvalue weighted by molar-refractivity contribution is -0.143. The van der Waals surface area contributed by atoms with E-state index in [1.165, 1.54) is 88.1 Å². The monoisotopic (exact) mass is 772 g/mol. The second kappa shape index (κ2) is 15.9. The Hall–Kier alpha value is -2.11. The van der Waals surface area contributed by atoms with Gasteiger partial charge in [0.05, 0.1) is 16.7 Å². The fraction of sp³-hybridized carbons (Fsp3) is 0.561. The Kier molecular flexibility index (Phi) is 12.1. The molecule has 0 N–H and O–H groups in total. The minimum absolute atomic E-state index is 0.00756. The van der Waals surface area contributed by atoms with Gasteiger partial charge >= 0.3 is 18.5 Å². The Morgan fingerprint density at radius 2 is 1.04 bits per heavy atom. The van der Waals surface area contributed by atoms with E-state index >= 15 is 0 Å². The lowest BCUT2D eigenvalue weighted by Crippen LogP contribution is -2.32. The molecule has 3 aromatic carbocycles. The van der Waals surface area contributed by atoms with E-state index in [4.69, 9.17) is 0 Å². The third-order valence-electron chi connectivity index (χ3n) is 11.7. The van der Waals surface area contributed by atoms with Gasteiger partial charge in [-0.2, -0.15) is 39.5 Å². The van der Waals surface area contributed by atoms with Gasteiger partial charge in [0.1, 0.15) is 0 Å². The van der Waals surface area contributed by atoms with Crippen molar-refractivity contribution >= 4 is 31.8 Å². The predicted molar refractivity (Wildman–Crippen MR) is 195 cm³/mol. The van der Waals surface area contributed by atoms with Gasteiger partial charge in [-0.25, -0.2) is 0 Å². The first-order valence-electron chi connectivity index (χ1n) is 18.7. The molecule has 0 spiro atoms. The minimum atomic E-state index is -5.08. The Morgan fingerprint density at radius 3 is 1.56 bits per heavy atom. The summed E-state index contributed by atoms with van der Waals surface area (Å²) in [4.78, 5) is 0. The molecule has 11 heteroatoms. The summed E-state index contributed by atoms with van der Waals surface area (Å²) < 4.78 is 128. The van der Waals surface area contributed by atoms with Gasteiger partial charge < -0.3 is 0 Å². The molecule has 3 fully saturated rings. The Morgan fingerprint density at radius 1 is 0.558 bits per heavy atom. The van der Waals surface area contributed by atoms with Crippen molar-refractivity contribution in [3.05, 3.63) is 88.5 Å². The van der Waals surface area contributed by atoms with E-state index in [1.807, 2.05) is 13.0 Å². The largest absolute Gasteiger partial charge is 0.416 e. The van der Waals surface area contributed by atoms with Crippen LogP contribution in [0.5, 0.6) is 0 Å². The first-order chi connectivity index (χ1) is 24.5. The molecule has 0 aromatic heterocycles. The molecule has 3 aliphatic rings. The van der Waals surface area contributed by atoms with Gasteiger partial charge in [-0.1, -0.05) is 90.1 Å². The maximum absolute atomic E-state index is 14.2. The molecular formula is C41H47F9P2. The van der Waals surface area contributed by atoms with Crippen LogP contribution in [-0.4, -0.2) is 17.0 Å². The fourth-order valence-electron chi connectivity index (χ4n) is 9.35. The molecule has 0 amide bonds. The molecule has 3 aromatic rings. The summed E-state index contributed by atoms with van der Waals surface area (Å²) >= 11 is 0. The smallest absolute Gasteiger partial charge is 0.166 e. The molecule has 0 heterocycles. The Balaban J connectivity index is 1.48. The number of rotatable bonds is 8. The number of alkyl halides is 9. The van der Waals surface area contributed by atoms with Crippen molar-refractivity contribution in [3.63, 3.8) is 0 Å². The van der Waals surface area contributed by atoms with Crippen LogP contribution in [0.25, 0.3) is 0 Å². The van der Waals surface area contributed by atoms with Gasteiger partial charge in [-0.15, -0.1) is 0 Å². The van der Waals surface area contributed by atoms with Crippen LogP contribution < -0.4 is 15.9 Å². The summed E-state index contributed by atoms with van der Waals surface area (Å²) in [5, 5.41) is 1.35. The zero-order valence-electron chi connectivity index (χ0n) is 29.6. The molecule has 6 rings (SSSR count). The zero-order valence-corrected chi connectivity index (χ0v) is 31.4. The fourth-order valence-corrected chi connectivity index (χ4v) is 16.5. The molecular weight excluding hydrogens is 725 g/mol. The lowest BCUT2D eigenvalue weighted by Gasteiger charge is -2.41. The second-order valence-electron chi connectivity index (χ2n) is 15.2. The quantitative estimate of drug-likeness (QED) is 0.158. The predicted octanol–water partition coefficient (Wildman–Crippen LogP) is 13.2. The molecule has 284 valence electrons. The average molecular weight is 773 g/mol.